The first kappa shape index (κ1) is 28.1. The monoisotopic (exact) mass is 533 g/mol. The average molecular weight is 534 g/mol. The molecule has 1 heterocycles. The molecule has 9 heteroatoms. The number of hydrogen-bond donors (Lipinski definition) is 1. The number of esters is 1. The Kier molecular flexibility index (Phi) is 9.58. The fourth-order valence-corrected chi connectivity index (χ4v) is 4.41. The molecule has 0 spiro atoms. The Morgan fingerprint density at radius 1 is 1.11 bits per heavy atom. The molecule has 1 aliphatic heterocycles. The molecule has 5 nitrogen and oxygen atoms in total. The second kappa shape index (κ2) is 12.6. The number of amides is 1. The van der Waals surface area contributed by atoms with Crippen molar-refractivity contribution in [2.24, 2.45) is 0 Å². The molecular formula is C28H27ClF3NO4. The quantitative estimate of drug-likeness (QED) is 0.396. The molecule has 0 atom stereocenters. The molecule has 0 radical (unpaired) electrons. The Hall–Kier alpha value is -3.52. The maximum Gasteiger partial charge on any atom is 0.325 e. The van der Waals surface area contributed by atoms with E-state index in [1.165, 1.54) is 11.6 Å². The Morgan fingerprint density at radius 3 is 2.46 bits per heavy atom. The van der Waals surface area contributed by atoms with E-state index >= 15 is 0 Å². The van der Waals surface area contributed by atoms with E-state index in [4.69, 9.17) is 16.3 Å². The molecule has 0 saturated heterocycles. The van der Waals surface area contributed by atoms with Gasteiger partial charge in [-0.15, -0.1) is 0 Å². The van der Waals surface area contributed by atoms with Crippen LogP contribution in [0.1, 0.15) is 40.4 Å². The largest absolute Gasteiger partial charge is 0.493 e. The molecule has 1 N–H and O–H groups in total. The minimum absolute atomic E-state index is 0.280. The molecule has 0 unspecified atom stereocenters. The van der Waals surface area contributed by atoms with Crippen LogP contribution in [0, 0.1) is 24.4 Å². The standard InChI is InChI=1S/C18H18ClFO.C10H9F2NO3/c1-3-12-9-13(20)10-16(19)17(12)14-7-6-11(2)18-15(14)5-4-8-21-18;1-16-8(14)5-13-10(15)9-6(11)3-2-4-7(9)12/h6-7,9-10H,3-5,8H2,1-2H3;2-4H,5H2,1H3,(H,13,15). The number of rotatable bonds is 5. The zero-order valence-electron chi connectivity index (χ0n) is 20.7. The third kappa shape index (κ3) is 6.63. The molecule has 3 aromatic rings. The van der Waals surface area contributed by atoms with Gasteiger partial charge in [0.2, 0.25) is 0 Å². The van der Waals surface area contributed by atoms with Gasteiger partial charge in [-0.2, -0.15) is 0 Å². The van der Waals surface area contributed by atoms with E-state index in [-0.39, 0.29) is 5.82 Å². The Labute approximate surface area is 218 Å². The lowest BCUT2D eigenvalue weighted by Crippen LogP contribution is -2.31. The molecule has 4 rings (SSSR count). The van der Waals surface area contributed by atoms with E-state index in [0.29, 0.717) is 5.02 Å². The van der Waals surface area contributed by atoms with E-state index < -0.39 is 35.6 Å². The number of carbonyl (C=O) groups is 2. The van der Waals surface area contributed by atoms with Crippen molar-refractivity contribution in [3.8, 4) is 16.9 Å². The molecule has 0 fully saturated rings. The number of nitrogens with one attached hydrogen (secondary N) is 1. The van der Waals surface area contributed by atoms with Crippen LogP contribution >= 0.6 is 11.6 Å². The number of benzene rings is 3. The van der Waals surface area contributed by atoms with Crippen molar-refractivity contribution in [1.82, 2.24) is 5.32 Å². The van der Waals surface area contributed by atoms with Crippen molar-refractivity contribution in [1.29, 1.82) is 0 Å². The SMILES string of the molecule is CCc1cc(F)cc(Cl)c1-c1ccc(C)c2c1CCCO2.COC(=O)CNC(=O)c1c(F)cccc1F. The van der Waals surface area contributed by atoms with Gasteiger partial charge in [0.05, 0.1) is 18.7 Å². The predicted octanol–water partition coefficient (Wildman–Crippen LogP) is 6.21. The van der Waals surface area contributed by atoms with Gasteiger partial charge in [0.15, 0.2) is 0 Å². The van der Waals surface area contributed by atoms with Crippen LogP contribution < -0.4 is 10.1 Å². The summed E-state index contributed by atoms with van der Waals surface area (Å²) in [5, 5.41) is 2.51. The normalized spacial score (nSPS) is 12.0. The van der Waals surface area contributed by atoms with Crippen LogP contribution in [0.5, 0.6) is 5.75 Å². The predicted molar refractivity (Wildman–Crippen MR) is 135 cm³/mol. The summed E-state index contributed by atoms with van der Waals surface area (Å²) in [5.41, 5.74) is 4.59. The van der Waals surface area contributed by atoms with Crippen LogP contribution in [0.25, 0.3) is 11.1 Å². The molecule has 37 heavy (non-hydrogen) atoms. The van der Waals surface area contributed by atoms with Crippen LogP contribution in [0.3, 0.4) is 0 Å². The second-order valence-corrected chi connectivity index (χ2v) is 8.73. The van der Waals surface area contributed by atoms with Gasteiger partial charge in [0.25, 0.3) is 5.91 Å². The fourth-order valence-electron chi connectivity index (χ4n) is 4.09. The zero-order valence-corrected chi connectivity index (χ0v) is 21.5. The van der Waals surface area contributed by atoms with Gasteiger partial charge in [-0.25, -0.2) is 13.2 Å². The lowest BCUT2D eigenvalue weighted by molar-refractivity contribution is -0.139. The van der Waals surface area contributed by atoms with Crippen LogP contribution in [0.4, 0.5) is 13.2 Å². The lowest BCUT2D eigenvalue weighted by atomic mass is 9.89. The number of hydrogen-bond acceptors (Lipinski definition) is 4. The molecule has 3 aromatic carbocycles. The van der Waals surface area contributed by atoms with Crippen LogP contribution in [-0.2, 0) is 22.4 Å². The number of carbonyl (C=O) groups excluding carboxylic acids is 2. The van der Waals surface area contributed by atoms with Crippen LogP contribution in [0.2, 0.25) is 5.02 Å². The smallest absolute Gasteiger partial charge is 0.325 e. The number of halogens is 4. The molecule has 0 bridgehead atoms. The van der Waals surface area contributed by atoms with Crippen molar-refractivity contribution >= 4 is 23.5 Å². The van der Waals surface area contributed by atoms with E-state index in [9.17, 15) is 22.8 Å². The second-order valence-electron chi connectivity index (χ2n) is 8.32. The summed E-state index contributed by atoms with van der Waals surface area (Å²) in [6, 6.07) is 10.2. The van der Waals surface area contributed by atoms with Gasteiger partial charge in [0.1, 0.15) is 35.3 Å². The molecular weight excluding hydrogens is 507 g/mol. The third-order valence-electron chi connectivity index (χ3n) is 5.87. The number of fused-ring (bicyclic) bond motifs is 1. The van der Waals surface area contributed by atoms with E-state index in [1.54, 1.807) is 6.07 Å². The molecule has 0 aromatic heterocycles. The molecule has 1 amide bonds. The summed E-state index contributed by atoms with van der Waals surface area (Å²) in [5.74, 6) is -2.98. The van der Waals surface area contributed by atoms with Gasteiger partial charge in [-0.1, -0.05) is 36.7 Å². The minimum atomic E-state index is -0.999. The first-order chi connectivity index (χ1) is 17.7. The average Bonchev–Trinajstić information content (AvgIpc) is 2.88. The third-order valence-corrected chi connectivity index (χ3v) is 6.17. The van der Waals surface area contributed by atoms with Crippen LogP contribution in [-0.4, -0.2) is 32.1 Å². The van der Waals surface area contributed by atoms with Crippen LogP contribution in [0.15, 0.2) is 42.5 Å². The Balaban J connectivity index is 0.000000214. The van der Waals surface area contributed by atoms with E-state index in [0.717, 1.165) is 79.2 Å². The highest BCUT2D eigenvalue weighted by Gasteiger charge is 2.21. The molecule has 0 saturated carbocycles. The Bertz CT molecular complexity index is 1290. The van der Waals surface area contributed by atoms with Gasteiger partial charge in [-0.3, -0.25) is 9.59 Å². The highest BCUT2D eigenvalue weighted by atomic mass is 35.5. The van der Waals surface area contributed by atoms with Crippen molar-refractivity contribution in [3.05, 3.63) is 87.2 Å². The van der Waals surface area contributed by atoms with Gasteiger partial charge < -0.3 is 14.8 Å². The van der Waals surface area contributed by atoms with Gasteiger partial charge >= 0.3 is 5.97 Å². The summed E-state index contributed by atoms with van der Waals surface area (Å²) in [6.45, 7) is 4.39. The topological polar surface area (TPSA) is 64.6 Å². The maximum atomic E-state index is 13.6. The number of ether oxygens (including phenoxy) is 2. The minimum Gasteiger partial charge on any atom is -0.493 e. The molecule has 0 aliphatic carbocycles. The van der Waals surface area contributed by atoms with Gasteiger partial charge in [0, 0.05) is 11.1 Å². The number of aryl methyl sites for hydroxylation is 2. The summed E-state index contributed by atoms with van der Waals surface area (Å²) < 4.78 is 49.9. The van der Waals surface area contributed by atoms with Crippen molar-refractivity contribution in [2.75, 3.05) is 20.3 Å². The highest BCUT2D eigenvalue weighted by molar-refractivity contribution is 6.33. The summed E-state index contributed by atoms with van der Waals surface area (Å²) in [4.78, 5) is 22.0. The van der Waals surface area contributed by atoms with Gasteiger partial charge in [-0.05, 0) is 67.1 Å². The summed E-state index contributed by atoms with van der Waals surface area (Å²) >= 11 is 6.35. The number of methoxy groups -OCH3 is 1. The van der Waals surface area contributed by atoms with Crippen molar-refractivity contribution in [2.45, 2.75) is 33.1 Å². The van der Waals surface area contributed by atoms with E-state index in [1.807, 2.05) is 12.2 Å². The Morgan fingerprint density at radius 2 is 1.81 bits per heavy atom. The first-order valence-corrected chi connectivity index (χ1v) is 12.1. The summed E-state index contributed by atoms with van der Waals surface area (Å²) in [6.07, 6.45) is 2.73. The van der Waals surface area contributed by atoms with Crippen molar-refractivity contribution < 1.29 is 32.2 Å². The molecule has 1 aliphatic rings. The zero-order chi connectivity index (χ0) is 27.1. The fraction of sp³-hybridized carbons (Fsp3) is 0.286. The van der Waals surface area contributed by atoms with Crippen molar-refractivity contribution in [3.63, 3.8) is 0 Å². The highest BCUT2D eigenvalue weighted by Crippen LogP contribution is 2.41. The molecule has 196 valence electrons. The summed E-state index contributed by atoms with van der Waals surface area (Å²) in [7, 11) is 1.14. The first-order valence-electron chi connectivity index (χ1n) is 11.7. The maximum absolute atomic E-state index is 13.6. The van der Waals surface area contributed by atoms with E-state index in [2.05, 4.69) is 23.8 Å². The lowest BCUT2D eigenvalue weighted by Gasteiger charge is -2.24.